The van der Waals surface area contributed by atoms with E-state index in [1.165, 1.54) is 7.11 Å². The number of fused-ring (bicyclic) bond motifs is 1. The van der Waals surface area contributed by atoms with Gasteiger partial charge in [-0.15, -0.1) is 0 Å². The van der Waals surface area contributed by atoms with E-state index in [1.807, 2.05) is 19.1 Å². The Labute approximate surface area is 124 Å². The van der Waals surface area contributed by atoms with Crippen LogP contribution in [0.3, 0.4) is 0 Å². The minimum atomic E-state index is -0.807. The van der Waals surface area contributed by atoms with E-state index >= 15 is 0 Å². The Balaban J connectivity index is 2.22. The number of ether oxygens (including phenoxy) is 3. The van der Waals surface area contributed by atoms with Crippen molar-refractivity contribution in [3.05, 3.63) is 23.3 Å². The van der Waals surface area contributed by atoms with Crippen molar-refractivity contribution < 1.29 is 24.1 Å². The Kier molecular flexibility index (Phi) is 4.73. The highest BCUT2D eigenvalue weighted by Crippen LogP contribution is 2.39. The molecule has 2 rings (SSSR count). The third-order valence-electron chi connectivity index (χ3n) is 3.79. The smallest absolute Gasteiger partial charge is 0.308 e. The van der Waals surface area contributed by atoms with Crippen LogP contribution in [0.4, 0.5) is 0 Å². The number of methoxy groups -OCH3 is 2. The highest BCUT2D eigenvalue weighted by atomic mass is 16.5. The molecule has 0 aliphatic carbocycles. The lowest BCUT2D eigenvalue weighted by atomic mass is 9.96. The van der Waals surface area contributed by atoms with Crippen LogP contribution in [-0.4, -0.2) is 31.4 Å². The quantitative estimate of drug-likeness (QED) is 0.844. The van der Waals surface area contributed by atoms with Crippen molar-refractivity contribution in [2.75, 3.05) is 14.2 Å². The van der Waals surface area contributed by atoms with E-state index in [-0.39, 0.29) is 24.4 Å². The number of carbonyl (C=O) groups is 1. The van der Waals surface area contributed by atoms with Gasteiger partial charge in [0.1, 0.15) is 17.6 Å². The molecule has 0 amide bonds. The molecule has 1 N–H and O–H groups in total. The van der Waals surface area contributed by atoms with Crippen LogP contribution in [0.15, 0.2) is 12.1 Å². The SMILES string of the molecule is COC(=O)C(C)CC(O)c1cc2c(cc1OC)CC(C)O2. The van der Waals surface area contributed by atoms with E-state index < -0.39 is 6.10 Å². The predicted molar refractivity (Wildman–Crippen MR) is 77.5 cm³/mol. The maximum Gasteiger partial charge on any atom is 0.308 e. The second-order valence-electron chi connectivity index (χ2n) is 5.51. The van der Waals surface area contributed by atoms with Gasteiger partial charge in [-0.1, -0.05) is 6.92 Å². The van der Waals surface area contributed by atoms with Crippen molar-refractivity contribution in [2.45, 2.75) is 38.9 Å². The molecule has 5 nitrogen and oxygen atoms in total. The molecule has 3 atom stereocenters. The van der Waals surface area contributed by atoms with Gasteiger partial charge < -0.3 is 19.3 Å². The molecule has 0 saturated carbocycles. The van der Waals surface area contributed by atoms with Gasteiger partial charge >= 0.3 is 5.97 Å². The van der Waals surface area contributed by atoms with Crippen LogP contribution in [0.25, 0.3) is 0 Å². The molecule has 1 heterocycles. The van der Waals surface area contributed by atoms with Gasteiger partial charge in [0.15, 0.2) is 0 Å². The fraction of sp³-hybridized carbons (Fsp3) is 0.562. The molecule has 21 heavy (non-hydrogen) atoms. The molecule has 0 radical (unpaired) electrons. The largest absolute Gasteiger partial charge is 0.496 e. The first-order valence-corrected chi connectivity index (χ1v) is 7.09. The van der Waals surface area contributed by atoms with E-state index in [4.69, 9.17) is 9.47 Å². The lowest BCUT2D eigenvalue weighted by Gasteiger charge is -2.18. The molecule has 5 heteroatoms. The summed E-state index contributed by atoms with van der Waals surface area (Å²) in [4.78, 5) is 11.5. The average molecular weight is 294 g/mol. The number of carbonyl (C=O) groups excluding carboxylic acids is 1. The third-order valence-corrected chi connectivity index (χ3v) is 3.79. The molecule has 1 aliphatic rings. The monoisotopic (exact) mass is 294 g/mol. The number of hydrogen-bond donors (Lipinski definition) is 1. The van der Waals surface area contributed by atoms with E-state index in [0.717, 1.165) is 17.7 Å². The summed E-state index contributed by atoms with van der Waals surface area (Å²) in [5.41, 5.74) is 1.72. The molecule has 1 aromatic carbocycles. The fourth-order valence-electron chi connectivity index (χ4n) is 2.65. The van der Waals surface area contributed by atoms with Crippen molar-refractivity contribution in [3.8, 4) is 11.5 Å². The summed E-state index contributed by atoms with van der Waals surface area (Å²) in [6.07, 6.45) is 0.433. The number of benzene rings is 1. The Morgan fingerprint density at radius 2 is 2.19 bits per heavy atom. The molecule has 0 saturated heterocycles. The summed E-state index contributed by atoms with van der Waals surface area (Å²) in [5.74, 6) is 0.681. The first-order chi connectivity index (χ1) is 9.96. The summed E-state index contributed by atoms with van der Waals surface area (Å²) in [7, 11) is 2.91. The zero-order chi connectivity index (χ0) is 15.6. The topological polar surface area (TPSA) is 65.0 Å². The van der Waals surface area contributed by atoms with Crippen LogP contribution in [-0.2, 0) is 16.0 Å². The highest BCUT2D eigenvalue weighted by Gasteiger charge is 2.26. The Morgan fingerprint density at radius 3 is 2.81 bits per heavy atom. The van der Waals surface area contributed by atoms with Gasteiger partial charge in [0, 0.05) is 17.5 Å². The van der Waals surface area contributed by atoms with Crippen LogP contribution < -0.4 is 9.47 Å². The van der Waals surface area contributed by atoms with Crippen molar-refractivity contribution in [1.29, 1.82) is 0 Å². The van der Waals surface area contributed by atoms with Gasteiger partial charge in [-0.25, -0.2) is 0 Å². The number of aliphatic hydroxyl groups excluding tert-OH is 1. The Morgan fingerprint density at radius 1 is 1.48 bits per heavy atom. The van der Waals surface area contributed by atoms with Gasteiger partial charge in [-0.2, -0.15) is 0 Å². The van der Waals surface area contributed by atoms with Crippen molar-refractivity contribution in [1.82, 2.24) is 0 Å². The van der Waals surface area contributed by atoms with E-state index in [9.17, 15) is 9.90 Å². The zero-order valence-electron chi connectivity index (χ0n) is 12.9. The summed E-state index contributed by atoms with van der Waals surface area (Å²) < 4.78 is 15.8. The molecular weight excluding hydrogens is 272 g/mol. The summed E-state index contributed by atoms with van der Waals surface area (Å²) in [6, 6.07) is 3.71. The van der Waals surface area contributed by atoms with E-state index in [0.29, 0.717) is 11.3 Å². The summed E-state index contributed by atoms with van der Waals surface area (Å²) in [6.45, 7) is 3.73. The molecule has 0 aromatic heterocycles. The van der Waals surface area contributed by atoms with E-state index in [1.54, 1.807) is 14.0 Å². The van der Waals surface area contributed by atoms with Crippen LogP contribution in [0.2, 0.25) is 0 Å². The van der Waals surface area contributed by atoms with E-state index in [2.05, 4.69) is 4.74 Å². The molecule has 0 bridgehead atoms. The Bertz CT molecular complexity index is 526. The second-order valence-corrected chi connectivity index (χ2v) is 5.51. The van der Waals surface area contributed by atoms with Crippen molar-refractivity contribution in [3.63, 3.8) is 0 Å². The minimum Gasteiger partial charge on any atom is -0.496 e. The summed E-state index contributed by atoms with van der Waals surface area (Å²) >= 11 is 0. The minimum absolute atomic E-state index is 0.131. The van der Waals surface area contributed by atoms with Crippen LogP contribution >= 0.6 is 0 Å². The predicted octanol–water partition coefficient (Wildman–Crippen LogP) is 2.25. The van der Waals surface area contributed by atoms with Crippen molar-refractivity contribution >= 4 is 5.97 Å². The maximum atomic E-state index is 11.5. The molecule has 0 spiro atoms. The van der Waals surface area contributed by atoms with Gasteiger partial charge in [0.2, 0.25) is 0 Å². The second kappa shape index (κ2) is 6.35. The van der Waals surface area contributed by atoms with Crippen LogP contribution in [0.1, 0.15) is 37.5 Å². The molecule has 0 fully saturated rings. The molecular formula is C16H22O5. The molecule has 1 aromatic rings. The number of aliphatic hydroxyl groups is 1. The van der Waals surface area contributed by atoms with Gasteiger partial charge in [-0.05, 0) is 25.5 Å². The van der Waals surface area contributed by atoms with Crippen molar-refractivity contribution in [2.24, 2.45) is 5.92 Å². The zero-order valence-corrected chi connectivity index (χ0v) is 12.9. The first-order valence-electron chi connectivity index (χ1n) is 7.09. The molecule has 3 unspecified atom stereocenters. The van der Waals surface area contributed by atoms with Crippen LogP contribution in [0.5, 0.6) is 11.5 Å². The van der Waals surface area contributed by atoms with Gasteiger partial charge in [0.05, 0.1) is 26.2 Å². The highest BCUT2D eigenvalue weighted by molar-refractivity contribution is 5.71. The average Bonchev–Trinajstić information content (AvgIpc) is 2.83. The molecule has 116 valence electrons. The standard InChI is InChI=1S/C16H22O5/c1-9(16(18)20-4)5-13(17)12-8-14-11(6-10(2)21-14)7-15(12)19-3/h7-10,13,17H,5-6H2,1-4H3. The van der Waals surface area contributed by atoms with Gasteiger partial charge in [0.25, 0.3) is 0 Å². The fourth-order valence-corrected chi connectivity index (χ4v) is 2.65. The number of hydrogen-bond acceptors (Lipinski definition) is 5. The number of rotatable bonds is 5. The van der Waals surface area contributed by atoms with Crippen LogP contribution in [0, 0.1) is 5.92 Å². The number of esters is 1. The lowest BCUT2D eigenvalue weighted by molar-refractivity contribution is -0.145. The molecule has 1 aliphatic heterocycles. The lowest BCUT2D eigenvalue weighted by Crippen LogP contribution is -2.16. The normalized spacial score (nSPS) is 19.4. The summed E-state index contributed by atoms with van der Waals surface area (Å²) in [5, 5.41) is 10.4. The Hall–Kier alpha value is -1.75. The van der Waals surface area contributed by atoms with Gasteiger partial charge in [-0.3, -0.25) is 4.79 Å². The third kappa shape index (κ3) is 3.29. The first kappa shape index (κ1) is 15.6. The maximum absolute atomic E-state index is 11.5.